The second-order valence-corrected chi connectivity index (χ2v) is 4.66. The zero-order valence-electron chi connectivity index (χ0n) is 10.2. The molecule has 5 nitrogen and oxygen atoms in total. The average Bonchev–Trinajstić information content (AvgIpc) is 2.73. The quantitative estimate of drug-likeness (QED) is 0.837. The third-order valence-corrected chi connectivity index (χ3v) is 3.30. The van der Waals surface area contributed by atoms with E-state index in [-0.39, 0.29) is 0 Å². The maximum Gasteiger partial charge on any atom is 0.329 e. The van der Waals surface area contributed by atoms with Crippen LogP contribution >= 0.6 is 0 Å². The molecular weight excluding hydrogens is 218 g/mol. The van der Waals surface area contributed by atoms with Crippen molar-refractivity contribution in [3.05, 3.63) is 17.6 Å². The Kier molecular flexibility index (Phi) is 3.00. The Morgan fingerprint density at radius 3 is 2.65 bits per heavy atom. The molecule has 0 bridgehead atoms. The molecule has 17 heavy (non-hydrogen) atoms. The van der Waals surface area contributed by atoms with Crippen molar-refractivity contribution in [3.8, 4) is 0 Å². The van der Waals surface area contributed by atoms with Crippen molar-refractivity contribution in [2.45, 2.75) is 45.1 Å². The number of carbonyl (C=O) groups is 1. The van der Waals surface area contributed by atoms with E-state index in [0.29, 0.717) is 18.7 Å². The summed E-state index contributed by atoms with van der Waals surface area (Å²) < 4.78 is 0. The Hall–Kier alpha value is -1.65. The normalized spacial score (nSPS) is 18.0. The summed E-state index contributed by atoms with van der Waals surface area (Å²) in [6.45, 7) is 3.68. The lowest BCUT2D eigenvalue weighted by Crippen LogP contribution is -2.44. The number of anilines is 1. The third kappa shape index (κ3) is 2.23. The molecule has 0 atom stereocenters. The number of aliphatic carboxylic acids is 1. The fourth-order valence-corrected chi connectivity index (χ4v) is 2.25. The van der Waals surface area contributed by atoms with Crippen LogP contribution in [-0.4, -0.2) is 26.6 Å². The van der Waals surface area contributed by atoms with Crippen LogP contribution in [0, 0.1) is 13.8 Å². The maximum atomic E-state index is 11.4. The molecule has 0 saturated heterocycles. The number of hydrogen-bond acceptors (Lipinski definition) is 4. The van der Waals surface area contributed by atoms with Gasteiger partial charge in [0.1, 0.15) is 11.4 Å². The SMILES string of the molecule is Cc1cnc(C)c(NC2(C(=O)O)CCCC2)n1. The fraction of sp³-hybridized carbons (Fsp3) is 0.583. The first-order valence-electron chi connectivity index (χ1n) is 5.85. The lowest BCUT2D eigenvalue weighted by Gasteiger charge is -2.26. The lowest BCUT2D eigenvalue weighted by atomic mass is 9.98. The summed E-state index contributed by atoms with van der Waals surface area (Å²) >= 11 is 0. The molecule has 0 radical (unpaired) electrons. The van der Waals surface area contributed by atoms with Crippen LogP contribution in [0.3, 0.4) is 0 Å². The van der Waals surface area contributed by atoms with E-state index in [4.69, 9.17) is 0 Å². The van der Waals surface area contributed by atoms with Crippen LogP contribution < -0.4 is 5.32 Å². The van der Waals surface area contributed by atoms with E-state index < -0.39 is 11.5 Å². The largest absolute Gasteiger partial charge is 0.480 e. The number of aromatic nitrogens is 2. The molecule has 0 spiro atoms. The molecule has 0 aromatic carbocycles. The van der Waals surface area contributed by atoms with E-state index in [0.717, 1.165) is 24.2 Å². The van der Waals surface area contributed by atoms with Gasteiger partial charge in [0.05, 0.1) is 11.4 Å². The summed E-state index contributed by atoms with van der Waals surface area (Å²) in [6, 6.07) is 0. The van der Waals surface area contributed by atoms with Crippen molar-refractivity contribution in [3.63, 3.8) is 0 Å². The highest BCUT2D eigenvalue weighted by Gasteiger charge is 2.41. The Morgan fingerprint density at radius 1 is 1.41 bits per heavy atom. The fourth-order valence-electron chi connectivity index (χ4n) is 2.25. The van der Waals surface area contributed by atoms with Gasteiger partial charge in [-0.25, -0.2) is 9.78 Å². The molecule has 1 fully saturated rings. The van der Waals surface area contributed by atoms with E-state index in [1.165, 1.54) is 0 Å². The minimum absolute atomic E-state index is 0.592. The van der Waals surface area contributed by atoms with Crippen LogP contribution in [0.25, 0.3) is 0 Å². The molecule has 2 N–H and O–H groups in total. The molecule has 0 aliphatic heterocycles. The van der Waals surface area contributed by atoms with Crippen LogP contribution in [-0.2, 0) is 4.79 Å². The van der Waals surface area contributed by atoms with Crippen LogP contribution in [0.1, 0.15) is 37.1 Å². The van der Waals surface area contributed by atoms with Crippen molar-refractivity contribution >= 4 is 11.8 Å². The van der Waals surface area contributed by atoms with Gasteiger partial charge in [0.2, 0.25) is 0 Å². The molecule has 1 saturated carbocycles. The molecule has 1 aliphatic carbocycles. The van der Waals surface area contributed by atoms with Crippen molar-refractivity contribution in [1.29, 1.82) is 0 Å². The zero-order valence-corrected chi connectivity index (χ0v) is 10.2. The van der Waals surface area contributed by atoms with Gasteiger partial charge in [-0.1, -0.05) is 12.8 Å². The summed E-state index contributed by atoms with van der Waals surface area (Å²) in [6.07, 6.45) is 4.87. The molecular formula is C12H17N3O2. The van der Waals surface area contributed by atoms with Gasteiger partial charge in [0.25, 0.3) is 0 Å². The topological polar surface area (TPSA) is 75.1 Å². The number of carboxylic acids is 1. The van der Waals surface area contributed by atoms with E-state index >= 15 is 0 Å². The standard InChI is InChI=1S/C12H17N3O2/c1-8-7-13-9(2)10(14-8)15-12(11(16)17)5-3-4-6-12/h7H,3-6H2,1-2H3,(H,14,15)(H,16,17). The molecule has 1 aliphatic rings. The summed E-state index contributed by atoms with van der Waals surface area (Å²) in [4.78, 5) is 19.9. The van der Waals surface area contributed by atoms with Crippen molar-refractivity contribution < 1.29 is 9.90 Å². The van der Waals surface area contributed by atoms with Crippen LogP contribution in [0.2, 0.25) is 0 Å². The molecule has 92 valence electrons. The van der Waals surface area contributed by atoms with Gasteiger partial charge in [0.15, 0.2) is 0 Å². The minimum atomic E-state index is -0.854. The Labute approximate surface area is 100 Å². The number of rotatable bonds is 3. The van der Waals surface area contributed by atoms with Crippen molar-refractivity contribution in [1.82, 2.24) is 9.97 Å². The van der Waals surface area contributed by atoms with Gasteiger partial charge in [0, 0.05) is 6.20 Å². The lowest BCUT2D eigenvalue weighted by molar-refractivity contribution is -0.142. The second kappa shape index (κ2) is 4.31. The predicted octanol–water partition coefficient (Wildman–Crippen LogP) is 1.90. The van der Waals surface area contributed by atoms with Crippen LogP contribution in [0.4, 0.5) is 5.82 Å². The van der Waals surface area contributed by atoms with Gasteiger partial charge >= 0.3 is 5.97 Å². The van der Waals surface area contributed by atoms with Crippen molar-refractivity contribution in [2.24, 2.45) is 0 Å². The Bertz CT molecular complexity index is 439. The molecule has 2 rings (SSSR count). The van der Waals surface area contributed by atoms with Gasteiger partial charge in [-0.15, -0.1) is 0 Å². The highest BCUT2D eigenvalue weighted by atomic mass is 16.4. The predicted molar refractivity (Wildman–Crippen MR) is 64.0 cm³/mol. The highest BCUT2D eigenvalue weighted by molar-refractivity contribution is 5.83. The molecule has 0 amide bonds. The Balaban J connectivity index is 2.29. The number of nitrogens with zero attached hydrogens (tertiary/aromatic N) is 2. The smallest absolute Gasteiger partial charge is 0.329 e. The summed E-state index contributed by atoms with van der Waals surface area (Å²) in [5.74, 6) is -0.202. The highest BCUT2D eigenvalue weighted by Crippen LogP contribution is 2.33. The monoisotopic (exact) mass is 235 g/mol. The van der Waals surface area contributed by atoms with E-state index in [1.807, 2.05) is 13.8 Å². The van der Waals surface area contributed by atoms with Gasteiger partial charge < -0.3 is 10.4 Å². The van der Waals surface area contributed by atoms with Crippen LogP contribution in [0.15, 0.2) is 6.20 Å². The van der Waals surface area contributed by atoms with Crippen molar-refractivity contribution in [2.75, 3.05) is 5.32 Å². The first-order valence-corrected chi connectivity index (χ1v) is 5.85. The summed E-state index contributed by atoms with van der Waals surface area (Å²) in [5.41, 5.74) is 0.674. The first-order chi connectivity index (χ1) is 8.03. The number of hydrogen-bond donors (Lipinski definition) is 2. The van der Waals surface area contributed by atoms with Gasteiger partial charge in [-0.2, -0.15) is 0 Å². The zero-order chi connectivity index (χ0) is 12.5. The van der Waals surface area contributed by atoms with E-state index in [1.54, 1.807) is 6.20 Å². The van der Waals surface area contributed by atoms with Gasteiger partial charge in [-0.3, -0.25) is 4.98 Å². The second-order valence-electron chi connectivity index (χ2n) is 4.66. The van der Waals surface area contributed by atoms with E-state index in [9.17, 15) is 9.90 Å². The van der Waals surface area contributed by atoms with Crippen LogP contribution in [0.5, 0.6) is 0 Å². The molecule has 0 unspecified atom stereocenters. The number of nitrogens with one attached hydrogen (secondary N) is 1. The maximum absolute atomic E-state index is 11.4. The minimum Gasteiger partial charge on any atom is -0.480 e. The van der Waals surface area contributed by atoms with E-state index in [2.05, 4.69) is 15.3 Å². The molecule has 1 heterocycles. The summed E-state index contributed by atoms with van der Waals surface area (Å²) in [5, 5.41) is 12.5. The summed E-state index contributed by atoms with van der Waals surface area (Å²) in [7, 11) is 0. The van der Waals surface area contributed by atoms with Gasteiger partial charge in [-0.05, 0) is 26.7 Å². The molecule has 1 aromatic heterocycles. The number of aryl methyl sites for hydroxylation is 2. The molecule has 5 heteroatoms. The third-order valence-electron chi connectivity index (χ3n) is 3.30. The first kappa shape index (κ1) is 11.8. The Morgan fingerprint density at radius 2 is 2.06 bits per heavy atom. The molecule has 1 aromatic rings. The average molecular weight is 235 g/mol. The number of carboxylic acid groups (broad SMARTS) is 1.